The molecule has 1 aliphatic rings. The monoisotopic (exact) mass is 484 g/mol. The quantitative estimate of drug-likeness (QED) is 0.506. The molecule has 1 amide bonds. The summed E-state index contributed by atoms with van der Waals surface area (Å²) in [6, 6.07) is 11.8. The predicted octanol–water partition coefficient (Wildman–Crippen LogP) is 3.98. The van der Waals surface area contributed by atoms with Crippen molar-refractivity contribution in [2.45, 2.75) is 34.7 Å². The van der Waals surface area contributed by atoms with Gasteiger partial charge in [0.2, 0.25) is 10.0 Å². The van der Waals surface area contributed by atoms with Crippen molar-refractivity contribution in [1.29, 1.82) is 0 Å². The highest BCUT2D eigenvalue weighted by molar-refractivity contribution is 7.99. The molecule has 2 heterocycles. The number of rotatable bonds is 7. The van der Waals surface area contributed by atoms with E-state index in [1.165, 1.54) is 35.3 Å². The molecule has 1 aliphatic heterocycles. The number of carbonyl (C=O) groups is 1. The number of amides is 1. The van der Waals surface area contributed by atoms with Crippen LogP contribution >= 0.6 is 11.8 Å². The van der Waals surface area contributed by atoms with Gasteiger partial charge in [0.1, 0.15) is 10.6 Å². The number of benzene rings is 2. The summed E-state index contributed by atoms with van der Waals surface area (Å²) in [6.07, 6.45) is 5.02. The van der Waals surface area contributed by atoms with Gasteiger partial charge >= 0.3 is 0 Å². The maximum atomic E-state index is 13.1. The lowest BCUT2D eigenvalue weighted by atomic mass is 10.1. The summed E-state index contributed by atoms with van der Waals surface area (Å²) in [5, 5.41) is 3.51. The zero-order chi connectivity index (χ0) is 23.4. The molecule has 0 radical (unpaired) electrons. The minimum absolute atomic E-state index is 0.00545. The summed E-state index contributed by atoms with van der Waals surface area (Å²) in [5.74, 6) is -0.176. The third kappa shape index (κ3) is 5.18. The van der Waals surface area contributed by atoms with Crippen molar-refractivity contribution in [1.82, 2.24) is 14.3 Å². The number of hydrogen-bond donors (Lipinski definition) is 1. The summed E-state index contributed by atoms with van der Waals surface area (Å²) in [7, 11) is -2.32. The third-order valence-corrected chi connectivity index (χ3v) is 8.11. The number of nitrogens with zero attached hydrogens (tertiary/aromatic N) is 3. The molecule has 1 aromatic heterocycles. The van der Waals surface area contributed by atoms with Crippen LogP contribution in [0.2, 0.25) is 0 Å². The number of carbonyl (C=O) groups excluding carboxylic acids is 1. The molecule has 0 saturated carbocycles. The van der Waals surface area contributed by atoms with Crippen molar-refractivity contribution in [2.75, 3.05) is 25.5 Å². The van der Waals surface area contributed by atoms with Crippen molar-refractivity contribution in [3.05, 3.63) is 66.0 Å². The first-order valence-corrected chi connectivity index (χ1v) is 12.7. The molecule has 0 spiro atoms. The van der Waals surface area contributed by atoms with Crippen LogP contribution in [-0.4, -0.2) is 48.8 Å². The zero-order valence-electron chi connectivity index (χ0n) is 18.3. The second-order valence-electron chi connectivity index (χ2n) is 7.54. The normalized spacial score (nSPS) is 14.2. The molecule has 0 atom stereocenters. The van der Waals surface area contributed by atoms with Gasteiger partial charge in [-0.25, -0.2) is 18.4 Å². The van der Waals surface area contributed by atoms with E-state index < -0.39 is 15.9 Å². The Bertz CT molecular complexity index is 1260. The molecule has 10 heteroatoms. The van der Waals surface area contributed by atoms with E-state index in [4.69, 9.17) is 4.74 Å². The highest BCUT2D eigenvalue weighted by Crippen LogP contribution is 2.31. The molecular weight excluding hydrogens is 460 g/mol. The molecule has 0 unspecified atom stereocenters. The number of anilines is 1. The van der Waals surface area contributed by atoms with Gasteiger partial charge < -0.3 is 10.1 Å². The molecule has 2 aromatic carbocycles. The van der Waals surface area contributed by atoms with E-state index in [1.54, 1.807) is 24.5 Å². The molecule has 1 N–H and O–H groups in total. The lowest BCUT2D eigenvalue weighted by Crippen LogP contribution is -2.28. The predicted molar refractivity (Wildman–Crippen MR) is 126 cm³/mol. The number of nitrogens with one attached hydrogen (secondary N) is 1. The largest absolute Gasteiger partial charge is 0.495 e. The smallest absolute Gasteiger partial charge is 0.255 e. The van der Waals surface area contributed by atoms with Crippen LogP contribution in [-0.2, 0) is 10.0 Å². The molecule has 0 aliphatic carbocycles. The Balaban J connectivity index is 1.55. The lowest BCUT2D eigenvalue weighted by molar-refractivity contribution is 0.102. The topological polar surface area (TPSA) is 101 Å². The van der Waals surface area contributed by atoms with Crippen LogP contribution in [0.4, 0.5) is 5.69 Å². The fraction of sp³-hybridized carbons (Fsp3) is 0.261. The van der Waals surface area contributed by atoms with Gasteiger partial charge in [-0.3, -0.25) is 4.79 Å². The molecule has 1 fully saturated rings. The molecular formula is C23H24N4O4S2. The summed E-state index contributed by atoms with van der Waals surface area (Å²) in [4.78, 5) is 22.3. The van der Waals surface area contributed by atoms with E-state index in [2.05, 4.69) is 15.3 Å². The Morgan fingerprint density at radius 1 is 1.09 bits per heavy atom. The minimum atomic E-state index is -3.74. The van der Waals surface area contributed by atoms with Gasteiger partial charge in [0, 0.05) is 41.6 Å². The van der Waals surface area contributed by atoms with E-state index >= 15 is 0 Å². The Labute approximate surface area is 197 Å². The van der Waals surface area contributed by atoms with Crippen molar-refractivity contribution < 1.29 is 17.9 Å². The second kappa shape index (κ2) is 9.90. The van der Waals surface area contributed by atoms with Gasteiger partial charge in [-0.15, -0.1) is 0 Å². The highest BCUT2D eigenvalue weighted by Gasteiger charge is 2.30. The first-order valence-electron chi connectivity index (χ1n) is 10.4. The SMILES string of the molecule is COc1ccc(C(=O)Nc2ccc(Sc3ncccn3)cc2C)cc1S(=O)(=O)N1CCCC1. The summed E-state index contributed by atoms with van der Waals surface area (Å²) in [6.45, 7) is 2.84. The van der Waals surface area contributed by atoms with E-state index in [0.29, 0.717) is 23.9 Å². The summed E-state index contributed by atoms with van der Waals surface area (Å²) in [5.41, 5.74) is 1.74. The first kappa shape index (κ1) is 23.2. The van der Waals surface area contributed by atoms with Crippen molar-refractivity contribution in [3.63, 3.8) is 0 Å². The number of aryl methyl sites for hydroxylation is 1. The number of methoxy groups -OCH3 is 1. The van der Waals surface area contributed by atoms with Gasteiger partial charge in [0.05, 0.1) is 7.11 Å². The maximum Gasteiger partial charge on any atom is 0.255 e. The maximum absolute atomic E-state index is 13.1. The van der Waals surface area contributed by atoms with Crippen LogP contribution < -0.4 is 10.1 Å². The summed E-state index contributed by atoms with van der Waals surface area (Å²) < 4.78 is 32.9. The Morgan fingerprint density at radius 2 is 1.82 bits per heavy atom. The second-order valence-corrected chi connectivity index (χ2v) is 10.5. The Hall–Kier alpha value is -2.95. The Kier molecular flexibility index (Phi) is 6.96. The van der Waals surface area contributed by atoms with Gasteiger partial charge in [-0.2, -0.15) is 4.31 Å². The molecule has 172 valence electrons. The van der Waals surface area contributed by atoms with E-state index in [0.717, 1.165) is 23.3 Å². The van der Waals surface area contributed by atoms with Crippen LogP contribution in [0.3, 0.4) is 0 Å². The average molecular weight is 485 g/mol. The first-order chi connectivity index (χ1) is 15.9. The molecule has 33 heavy (non-hydrogen) atoms. The molecule has 0 bridgehead atoms. The fourth-order valence-corrected chi connectivity index (χ4v) is 6.07. The van der Waals surface area contributed by atoms with Gasteiger partial charge in [0.25, 0.3) is 5.91 Å². The van der Waals surface area contributed by atoms with Crippen LogP contribution in [0.15, 0.2) is 69.8 Å². The Morgan fingerprint density at radius 3 is 2.48 bits per heavy atom. The average Bonchev–Trinajstić information content (AvgIpc) is 3.37. The van der Waals surface area contributed by atoms with E-state index in [-0.39, 0.29) is 16.2 Å². The van der Waals surface area contributed by atoms with E-state index in [1.807, 2.05) is 25.1 Å². The van der Waals surface area contributed by atoms with Crippen LogP contribution in [0, 0.1) is 6.92 Å². The number of ether oxygens (including phenoxy) is 1. The minimum Gasteiger partial charge on any atom is -0.495 e. The van der Waals surface area contributed by atoms with Crippen molar-refractivity contribution >= 4 is 33.4 Å². The van der Waals surface area contributed by atoms with Crippen molar-refractivity contribution in [3.8, 4) is 5.75 Å². The molecule has 3 aromatic rings. The molecule has 8 nitrogen and oxygen atoms in total. The molecule has 1 saturated heterocycles. The fourth-order valence-electron chi connectivity index (χ4n) is 3.56. The standard InChI is InChI=1S/C23H24N4O4S2/c1-16-14-18(32-23-24-10-5-11-25-23)7-8-19(16)26-22(28)17-6-9-20(31-2)21(15-17)33(29,30)27-12-3-4-13-27/h5-11,14-15H,3-4,12-13H2,1-2H3,(H,26,28). The lowest BCUT2D eigenvalue weighted by Gasteiger charge is -2.18. The molecule has 4 rings (SSSR count). The third-order valence-electron chi connectivity index (χ3n) is 5.31. The number of hydrogen-bond acceptors (Lipinski definition) is 7. The van der Waals surface area contributed by atoms with Crippen LogP contribution in [0.5, 0.6) is 5.75 Å². The zero-order valence-corrected chi connectivity index (χ0v) is 19.9. The van der Waals surface area contributed by atoms with Crippen molar-refractivity contribution in [2.24, 2.45) is 0 Å². The van der Waals surface area contributed by atoms with Crippen LogP contribution in [0.1, 0.15) is 28.8 Å². The summed E-state index contributed by atoms with van der Waals surface area (Å²) >= 11 is 1.43. The van der Waals surface area contributed by atoms with Gasteiger partial charge in [-0.1, -0.05) is 0 Å². The van der Waals surface area contributed by atoms with Gasteiger partial charge in [0.15, 0.2) is 5.16 Å². The van der Waals surface area contributed by atoms with Gasteiger partial charge in [-0.05, 0) is 79.6 Å². The highest BCUT2D eigenvalue weighted by atomic mass is 32.2. The number of aromatic nitrogens is 2. The van der Waals surface area contributed by atoms with E-state index in [9.17, 15) is 13.2 Å². The van der Waals surface area contributed by atoms with Crippen LogP contribution in [0.25, 0.3) is 0 Å². The number of sulfonamides is 1.